The summed E-state index contributed by atoms with van der Waals surface area (Å²) in [6.45, 7) is 0. The number of aliphatic carboxylic acids is 1. The van der Waals surface area contributed by atoms with Crippen molar-refractivity contribution >= 4 is 17.6 Å². The number of aromatic nitrogens is 1. The fourth-order valence-corrected chi connectivity index (χ4v) is 1.80. The SMILES string of the molecule is O=C(O)Cc1ccc(NC(=O)Cc2ccccc2O)cn1. The number of phenols is 1. The number of carboxylic acids is 1. The molecule has 0 aliphatic heterocycles. The lowest BCUT2D eigenvalue weighted by Crippen LogP contribution is -2.14. The number of nitrogens with one attached hydrogen (secondary N) is 1. The maximum absolute atomic E-state index is 11.9. The van der Waals surface area contributed by atoms with E-state index < -0.39 is 5.97 Å². The van der Waals surface area contributed by atoms with Gasteiger partial charge in [0, 0.05) is 5.56 Å². The van der Waals surface area contributed by atoms with Gasteiger partial charge >= 0.3 is 5.97 Å². The second-order valence-corrected chi connectivity index (χ2v) is 4.46. The molecular weight excluding hydrogens is 272 g/mol. The van der Waals surface area contributed by atoms with Crippen molar-refractivity contribution in [1.82, 2.24) is 4.98 Å². The predicted molar refractivity (Wildman–Crippen MR) is 76.0 cm³/mol. The quantitative estimate of drug-likeness (QED) is 0.775. The molecule has 1 aromatic carbocycles. The standard InChI is InChI=1S/C15H14N2O4/c18-13-4-2-1-3-10(13)7-14(19)17-12-6-5-11(16-9-12)8-15(20)21/h1-6,9,18H,7-8H2,(H,17,19)(H,20,21). The van der Waals surface area contributed by atoms with Crippen LogP contribution in [0.1, 0.15) is 11.3 Å². The van der Waals surface area contributed by atoms with Gasteiger partial charge in [0.05, 0.1) is 30.4 Å². The number of anilines is 1. The predicted octanol–water partition coefficient (Wildman–Crippen LogP) is 1.60. The van der Waals surface area contributed by atoms with Crippen molar-refractivity contribution in [2.75, 3.05) is 5.32 Å². The maximum Gasteiger partial charge on any atom is 0.309 e. The van der Waals surface area contributed by atoms with Gasteiger partial charge in [-0.3, -0.25) is 14.6 Å². The van der Waals surface area contributed by atoms with E-state index in [4.69, 9.17) is 5.11 Å². The van der Waals surface area contributed by atoms with Gasteiger partial charge in [-0.05, 0) is 18.2 Å². The molecule has 21 heavy (non-hydrogen) atoms. The molecule has 0 aliphatic carbocycles. The first-order valence-corrected chi connectivity index (χ1v) is 6.28. The monoisotopic (exact) mass is 286 g/mol. The molecule has 6 heteroatoms. The highest BCUT2D eigenvalue weighted by molar-refractivity contribution is 5.92. The Morgan fingerprint density at radius 2 is 1.86 bits per heavy atom. The van der Waals surface area contributed by atoms with Crippen LogP contribution in [0.25, 0.3) is 0 Å². The van der Waals surface area contributed by atoms with Gasteiger partial charge in [0.2, 0.25) is 5.91 Å². The van der Waals surface area contributed by atoms with E-state index >= 15 is 0 Å². The zero-order valence-corrected chi connectivity index (χ0v) is 11.1. The number of hydrogen-bond donors (Lipinski definition) is 3. The molecule has 0 atom stereocenters. The summed E-state index contributed by atoms with van der Waals surface area (Å²) < 4.78 is 0. The number of benzene rings is 1. The van der Waals surface area contributed by atoms with Crippen molar-refractivity contribution in [2.24, 2.45) is 0 Å². The van der Waals surface area contributed by atoms with E-state index in [-0.39, 0.29) is 24.5 Å². The van der Waals surface area contributed by atoms with Crippen molar-refractivity contribution in [2.45, 2.75) is 12.8 Å². The highest BCUT2D eigenvalue weighted by atomic mass is 16.4. The second kappa shape index (κ2) is 6.51. The molecule has 0 bridgehead atoms. The fourth-order valence-electron chi connectivity index (χ4n) is 1.80. The fraction of sp³-hybridized carbons (Fsp3) is 0.133. The van der Waals surface area contributed by atoms with E-state index in [1.165, 1.54) is 12.3 Å². The topological polar surface area (TPSA) is 99.5 Å². The third-order valence-electron chi connectivity index (χ3n) is 2.78. The van der Waals surface area contributed by atoms with Crippen molar-refractivity contribution < 1.29 is 19.8 Å². The molecule has 6 nitrogen and oxygen atoms in total. The lowest BCUT2D eigenvalue weighted by atomic mass is 10.1. The number of phenolic OH excluding ortho intramolecular Hbond substituents is 1. The molecule has 0 fully saturated rings. The third-order valence-corrected chi connectivity index (χ3v) is 2.78. The first-order chi connectivity index (χ1) is 10.0. The Morgan fingerprint density at radius 1 is 1.10 bits per heavy atom. The lowest BCUT2D eigenvalue weighted by molar-refractivity contribution is -0.136. The van der Waals surface area contributed by atoms with Gasteiger partial charge in [-0.2, -0.15) is 0 Å². The number of carboxylic acid groups (broad SMARTS) is 1. The first kappa shape index (κ1) is 14.5. The Balaban J connectivity index is 1.96. The summed E-state index contributed by atoms with van der Waals surface area (Å²) in [5.41, 5.74) is 1.43. The average Bonchev–Trinajstić information content (AvgIpc) is 2.43. The molecule has 0 saturated carbocycles. The molecule has 0 spiro atoms. The lowest BCUT2D eigenvalue weighted by Gasteiger charge is -2.06. The van der Waals surface area contributed by atoms with Crippen LogP contribution in [0.15, 0.2) is 42.6 Å². The summed E-state index contributed by atoms with van der Waals surface area (Å²) >= 11 is 0. The summed E-state index contributed by atoms with van der Waals surface area (Å²) in [6.07, 6.45) is 1.29. The molecule has 1 aromatic heterocycles. The molecular formula is C15H14N2O4. The van der Waals surface area contributed by atoms with Crippen LogP contribution in [-0.2, 0) is 22.4 Å². The first-order valence-electron chi connectivity index (χ1n) is 6.28. The van der Waals surface area contributed by atoms with Gasteiger partial charge in [-0.25, -0.2) is 0 Å². The Bertz CT molecular complexity index is 653. The Morgan fingerprint density at radius 3 is 2.48 bits per heavy atom. The highest BCUT2D eigenvalue weighted by Crippen LogP contribution is 2.16. The van der Waals surface area contributed by atoms with Crippen molar-refractivity contribution in [3.63, 3.8) is 0 Å². The minimum Gasteiger partial charge on any atom is -0.508 e. The van der Waals surface area contributed by atoms with E-state index in [0.29, 0.717) is 16.9 Å². The zero-order chi connectivity index (χ0) is 15.2. The van der Waals surface area contributed by atoms with E-state index in [1.807, 2.05) is 0 Å². The molecule has 3 N–H and O–H groups in total. The minimum absolute atomic E-state index is 0.0452. The van der Waals surface area contributed by atoms with Crippen LogP contribution in [0, 0.1) is 0 Å². The number of carbonyl (C=O) groups excluding carboxylic acids is 1. The molecule has 108 valence electrons. The summed E-state index contributed by atoms with van der Waals surface area (Å²) in [5.74, 6) is -1.18. The number of aromatic hydroxyl groups is 1. The smallest absolute Gasteiger partial charge is 0.309 e. The van der Waals surface area contributed by atoms with Crippen LogP contribution >= 0.6 is 0 Å². The number of nitrogens with zero attached hydrogens (tertiary/aromatic N) is 1. The van der Waals surface area contributed by atoms with Crippen LogP contribution in [0.5, 0.6) is 5.75 Å². The summed E-state index contributed by atoms with van der Waals surface area (Å²) in [5, 5.41) is 20.9. The maximum atomic E-state index is 11.9. The molecule has 0 saturated heterocycles. The van der Waals surface area contributed by atoms with Crippen LogP contribution in [-0.4, -0.2) is 27.1 Å². The molecule has 0 unspecified atom stereocenters. The zero-order valence-electron chi connectivity index (χ0n) is 11.1. The largest absolute Gasteiger partial charge is 0.508 e. The van der Waals surface area contributed by atoms with Gasteiger partial charge in [0.25, 0.3) is 0 Å². The van der Waals surface area contributed by atoms with Gasteiger partial charge in [-0.15, -0.1) is 0 Å². The highest BCUT2D eigenvalue weighted by Gasteiger charge is 2.08. The van der Waals surface area contributed by atoms with Crippen LogP contribution in [0.4, 0.5) is 5.69 Å². The van der Waals surface area contributed by atoms with E-state index in [2.05, 4.69) is 10.3 Å². The number of carbonyl (C=O) groups is 2. The number of pyridine rings is 1. The van der Waals surface area contributed by atoms with Crippen molar-refractivity contribution in [3.05, 3.63) is 53.9 Å². The molecule has 0 radical (unpaired) electrons. The number of amides is 1. The number of rotatable bonds is 5. The summed E-state index contributed by atoms with van der Waals surface area (Å²) in [6, 6.07) is 9.75. The molecule has 2 aromatic rings. The second-order valence-electron chi connectivity index (χ2n) is 4.46. The third kappa shape index (κ3) is 4.31. The summed E-state index contributed by atoms with van der Waals surface area (Å²) in [4.78, 5) is 26.3. The Labute approximate surface area is 121 Å². The van der Waals surface area contributed by atoms with Crippen LogP contribution in [0.2, 0.25) is 0 Å². The number of para-hydroxylation sites is 1. The van der Waals surface area contributed by atoms with E-state index in [1.54, 1.807) is 30.3 Å². The Kier molecular flexibility index (Phi) is 4.50. The van der Waals surface area contributed by atoms with Gasteiger partial charge in [-0.1, -0.05) is 18.2 Å². The summed E-state index contributed by atoms with van der Waals surface area (Å²) in [7, 11) is 0. The normalized spacial score (nSPS) is 10.1. The van der Waals surface area contributed by atoms with Crippen LogP contribution in [0.3, 0.4) is 0 Å². The molecule has 1 amide bonds. The van der Waals surface area contributed by atoms with E-state index in [9.17, 15) is 14.7 Å². The van der Waals surface area contributed by atoms with Gasteiger partial charge in [0.15, 0.2) is 0 Å². The molecule has 1 heterocycles. The van der Waals surface area contributed by atoms with Gasteiger partial charge in [0.1, 0.15) is 5.75 Å². The minimum atomic E-state index is -0.959. The molecule has 2 rings (SSSR count). The Hall–Kier alpha value is -2.89. The van der Waals surface area contributed by atoms with Crippen LogP contribution < -0.4 is 5.32 Å². The van der Waals surface area contributed by atoms with E-state index in [0.717, 1.165) is 0 Å². The molecule has 0 aliphatic rings. The average molecular weight is 286 g/mol. The van der Waals surface area contributed by atoms with Crippen molar-refractivity contribution in [3.8, 4) is 5.75 Å². The number of hydrogen-bond acceptors (Lipinski definition) is 4. The van der Waals surface area contributed by atoms with Crippen molar-refractivity contribution in [1.29, 1.82) is 0 Å². The van der Waals surface area contributed by atoms with Gasteiger partial charge < -0.3 is 15.5 Å².